The van der Waals surface area contributed by atoms with Crippen molar-refractivity contribution in [2.24, 2.45) is 11.8 Å². The summed E-state index contributed by atoms with van der Waals surface area (Å²) in [4.78, 5) is 51.9. The number of allylic oxidation sites excluding steroid dienone is 2. The first-order valence-electron chi connectivity index (χ1n) is 15.4. The number of hydrogen-bond acceptors (Lipinski definition) is 10. The molecule has 6 atom stereocenters. The molecular formula is C36H58N2O10. The zero-order chi connectivity index (χ0) is 34.8. The molecule has 0 bridgehead atoms. The van der Waals surface area contributed by atoms with Gasteiger partial charge in [-0.25, -0.2) is 9.59 Å². The molecule has 12 heteroatoms. The van der Waals surface area contributed by atoms with Crippen LogP contribution in [0.25, 0.3) is 0 Å². The molecule has 0 aromatic heterocycles. The minimum Gasteiger partial charge on any atom is -0.444 e. The highest BCUT2D eigenvalue weighted by Crippen LogP contribution is 2.35. The van der Waals surface area contributed by atoms with Crippen LogP contribution in [0, 0.1) is 24.2 Å². The fraction of sp³-hybridized carbons (Fsp3) is 0.667. The first-order valence-corrected chi connectivity index (χ1v) is 15.4. The van der Waals surface area contributed by atoms with Gasteiger partial charge in [0.05, 0.1) is 25.4 Å². The Hall–Kier alpha value is -3.50. The summed E-state index contributed by atoms with van der Waals surface area (Å²) in [5.41, 5.74) is -0.300. The lowest BCUT2D eigenvalue weighted by molar-refractivity contribution is -0.130. The van der Waals surface area contributed by atoms with Gasteiger partial charge in [0, 0.05) is 31.3 Å². The number of amides is 2. The molecule has 0 aromatic rings. The van der Waals surface area contributed by atoms with Crippen molar-refractivity contribution in [3.63, 3.8) is 0 Å². The number of likely N-dealkylation sites (tertiary alicyclic amines) is 2. The van der Waals surface area contributed by atoms with Gasteiger partial charge < -0.3 is 29.2 Å². The highest BCUT2D eigenvalue weighted by atomic mass is 16.6. The summed E-state index contributed by atoms with van der Waals surface area (Å²) in [5, 5.41) is 18.5. The van der Waals surface area contributed by atoms with Crippen molar-refractivity contribution in [2.75, 3.05) is 39.5 Å². The molecule has 48 heavy (non-hydrogen) atoms. The lowest BCUT2D eigenvalue weighted by Crippen LogP contribution is -2.48. The maximum Gasteiger partial charge on any atom is 0.411 e. The summed E-state index contributed by atoms with van der Waals surface area (Å²) in [5.74, 6) is 1.40. The maximum atomic E-state index is 12.5. The third-order valence-corrected chi connectivity index (χ3v) is 7.49. The number of rotatable bonds is 9. The number of ketones is 2. The molecular weight excluding hydrogens is 620 g/mol. The highest BCUT2D eigenvalue weighted by molar-refractivity contribution is 5.90. The van der Waals surface area contributed by atoms with Crippen LogP contribution in [0.1, 0.15) is 69.2 Å². The molecule has 0 saturated carbocycles. The van der Waals surface area contributed by atoms with Crippen molar-refractivity contribution < 1.29 is 48.3 Å². The second-order valence-electron chi connectivity index (χ2n) is 13.4. The normalized spacial score (nSPS) is 24.9. The van der Waals surface area contributed by atoms with Gasteiger partial charge in [0.15, 0.2) is 11.6 Å². The van der Waals surface area contributed by atoms with Gasteiger partial charge in [-0.15, -0.1) is 18.9 Å². The van der Waals surface area contributed by atoms with Gasteiger partial charge in [0.1, 0.15) is 36.5 Å². The van der Waals surface area contributed by atoms with Crippen molar-refractivity contribution in [2.45, 2.75) is 105 Å². The molecule has 2 amide bonds. The molecule has 0 aliphatic carbocycles. The van der Waals surface area contributed by atoms with Gasteiger partial charge in [0.2, 0.25) is 0 Å². The second kappa shape index (κ2) is 19.5. The predicted octanol–water partition coefficient (Wildman–Crippen LogP) is 4.33. The Morgan fingerprint density at radius 3 is 1.94 bits per heavy atom. The number of carbonyl (C=O) groups excluding carboxylic acids is 4. The Morgan fingerprint density at radius 1 is 0.958 bits per heavy atom. The molecule has 3 rings (SSSR count). The van der Waals surface area contributed by atoms with E-state index in [1.807, 2.05) is 6.08 Å². The van der Waals surface area contributed by atoms with E-state index in [0.717, 1.165) is 5.57 Å². The monoisotopic (exact) mass is 678 g/mol. The van der Waals surface area contributed by atoms with Crippen LogP contribution in [0.5, 0.6) is 0 Å². The van der Waals surface area contributed by atoms with Gasteiger partial charge in [-0.2, -0.15) is 0 Å². The van der Waals surface area contributed by atoms with Crippen LogP contribution >= 0.6 is 0 Å². The average molecular weight is 679 g/mol. The Morgan fingerprint density at radius 2 is 1.48 bits per heavy atom. The molecule has 2 fully saturated rings. The molecule has 12 nitrogen and oxygen atoms in total. The van der Waals surface area contributed by atoms with E-state index in [1.165, 1.54) is 9.80 Å². The summed E-state index contributed by atoms with van der Waals surface area (Å²) in [6, 6.07) is -1.72. The van der Waals surface area contributed by atoms with Gasteiger partial charge in [-0.05, 0) is 53.5 Å². The van der Waals surface area contributed by atoms with Crippen molar-refractivity contribution >= 4 is 23.8 Å². The van der Waals surface area contributed by atoms with Crippen molar-refractivity contribution in [3.8, 4) is 12.3 Å². The van der Waals surface area contributed by atoms with Crippen molar-refractivity contribution in [3.05, 3.63) is 37.0 Å². The molecule has 0 aromatic carbocycles. The van der Waals surface area contributed by atoms with E-state index in [2.05, 4.69) is 19.1 Å². The first kappa shape index (κ1) is 44.5. The summed E-state index contributed by atoms with van der Waals surface area (Å²) in [7, 11) is 0. The van der Waals surface area contributed by atoms with Crippen LogP contribution in [-0.4, -0.2) is 119 Å². The molecule has 3 aliphatic heterocycles. The van der Waals surface area contributed by atoms with Gasteiger partial charge in [0.25, 0.3) is 0 Å². The Labute approximate surface area is 287 Å². The van der Waals surface area contributed by atoms with E-state index in [0.29, 0.717) is 26.0 Å². The van der Waals surface area contributed by atoms with E-state index >= 15 is 0 Å². The van der Waals surface area contributed by atoms with Gasteiger partial charge >= 0.3 is 12.2 Å². The van der Waals surface area contributed by atoms with E-state index in [9.17, 15) is 29.4 Å². The zero-order valence-electron chi connectivity index (χ0n) is 27.9. The fourth-order valence-corrected chi connectivity index (χ4v) is 5.69. The van der Waals surface area contributed by atoms with E-state index in [-0.39, 0.29) is 39.8 Å². The smallest absolute Gasteiger partial charge is 0.411 e. The molecule has 0 radical (unpaired) electrons. The molecule has 2 N–H and O–H groups in total. The SMILES string of the molecule is C.C.C#CC[C@H]1CN(C(=O)OC(C)(C)C)[C@H](C(=O)CO)[C@@H]1OCC=C.C=CC1=CCO[C@@H]2[C@@H](C1)CN(C(=O)OC(C)(C)C)[C@@H]2C(=O)CO. The number of aliphatic hydroxyl groups excluding tert-OH is 2. The lowest BCUT2D eigenvalue weighted by atomic mass is 9.93. The van der Waals surface area contributed by atoms with E-state index < -0.39 is 72.5 Å². The van der Waals surface area contributed by atoms with Crippen LogP contribution in [-0.2, 0) is 28.5 Å². The van der Waals surface area contributed by atoms with Gasteiger partial charge in [-0.1, -0.05) is 39.7 Å². The van der Waals surface area contributed by atoms with Gasteiger partial charge in [-0.3, -0.25) is 19.4 Å². The number of terminal acetylenes is 1. The Balaban J connectivity index is 0.000000884. The zero-order valence-corrected chi connectivity index (χ0v) is 27.9. The number of fused-ring (bicyclic) bond motifs is 1. The largest absolute Gasteiger partial charge is 0.444 e. The van der Waals surface area contributed by atoms with Crippen molar-refractivity contribution in [1.82, 2.24) is 9.80 Å². The summed E-state index contributed by atoms with van der Waals surface area (Å²) < 4.78 is 22.2. The second-order valence-corrected chi connectivity index (χ2v) is 13.4. The molecule has 0 spiro atoms. The standard InChI is InChI=1S/2C17H25NO5.2CH4/c1-5-11-6-7-22-15-12(8-11)9-18(14(15)13(20)10-19)16(21)23-17(2,3)4;1-6-8-12-10-18(16(21)23-17(3,4)5)14(13(20)11-19)15(12)22-9-7-2;;/h5-6,12,14-15,19H,1,7-10H2,2-4H3;1,7,12,14-15,19H,2,8-11H2,3-5H3;2*1H4/t2*12-,14+,15+;;/m00../s1. The van der Waals surface area contributed by atoms with Crippen LogP contribution in [0.4, 0.5) is 9.59 Å². The third kappa shape index (κ3) is 12.2. The van der Waals surface area contributed by atoms with Crippen molar-refractivity contribution in [1.29, 1.82) is 0 Å². The summed E-state index contributed by atoms with van der Waals surface area (Å²) in [6.45, 7) is 17.8. The molecule has 272 valence electrons. The highest BCUT2D eigenvalue weighted by Gasteiger charge is 2.50. The quantitative estimate of drug-likeness (QED) is 0.266. The number of carbonyl (C=O) groups is 4. The molecule has 3 heterocycles. The number of ether oxygens (including phenoxy) is 4. The van der Waals surface area contributed by atoms with E-state index in [1.54, 1.807) is 53.7 Å². The van der Waals surface area contributed by atoms with Crippen LogP contribution in [0.3, 0.4) is 0 Å². The number of hydrogen-bond donors (Lipinski definition) is 2. The fourth-order valence-electron chi connectivity index (χ4n) is 5.69. The first-order chi connectivity index (χ1) is 21.5. The number of nitrogens with zero attached hydrogens (tertiary/aromatic N) is 2. The summed E-state index contributed by atoms with van der Waals surface area (Å²) >= 11 is 0. The predicted molar refractivity (Wildman–Crippen MR) is 184 cm³/mol. The Bertz CT molecular complexity index is 1190. The number of Topliss-reactive ketones (excluding diaryl/α,β-unsaturated/α-hetero) is 2. The topological polar surface area (TPSA) is 152 Å². The molecule has 3 aliphatic rings. The van der Waals surface area contributed by atoms with Crippen LogP contribution in [0.15, 0.2) is 37.0 Å². The minimum absolute atomic E-state index is 0. The number of aliphatic hydroxyl groups is 2. The van der Waals surface area contributed by atoms with Crippen LogP contribution < -0.4 is 0 Å². The third-order valence-electron chi connectivity index (χ3n) is 7.49. The minimum atomic E-state index is -0.909. The summed E-state index contributed by atoms with van der Waals surface area (Å²) in [6.07, 6.45) is 9.50. The van der Waals surface area contributed by atoms with Crippen LogP contribution in [0.2, 0.25) is 0 Å². The Kier molecular flexibility index (Phi) is 18.1. The van der Waals surface area contributed by atoms with E-state index in [4.69, 9.17) is 25.4 Å². The average Bonchev–Trinajstić information content (AvgIpc) is 3.44. The molecule has 0 unspecified atom stereocenters. The lowest BCUT2D eigenvalue weighted by Gasteiger charge is -2.29. The molecule has 2 saturated heterocycles. The maximum absolute atomic E-state index is 12.5.